The molecule has 0 bridgehead atoms. The van der Waals surface area contributed by atoms with Gasteiger partial charge in [0.15, 0.2) is 0 Å². The molecule has 0 saturated carbocycles. The van der Waals surface area contributed by atoms with E-state index < -0.39 is 6.10 Å². The van der Waals surface area contributed by atoms with Crippen molar-refractivity contribution in [1.82, 2.24) is 29.0 Å². The maximum Gasteiger partial charge on any atom is 0.333 e. The number of pyridine rings is 2. The predicted molar refractivity (Wildman–Crippen MR) is 159 cm³/mol. The molecule has 0 radical (unpaired) electrons. The monoisotopic (exact) mass is 546 g/mol. The Bertz CT molecular complexity index is 1990. The Morgan fingerprint density at radius 3 is 2.49 bits per heavy atom. The van der Waals surface area contributed by atoms with Gasteiger partial charge >= 0.3 is 5.69 Å². The van der Waals surface area contributed by atoms with Gasteiger partial charge in [-0.3, -0.25) is 23.9 Å². The molecule has 1 aliphatic rings. The number of imidazole rings is 1. The van der Waals surface area contributed by atoms with Crippen LogP contribution in [0.1, 0.15) is 31.2 Å². The van der Waals surface area contributed by atoms with Crippen LogP contribution in [0.2, 0.25) is 0 Å². The predicted octanol–water partition coefficient (Wildman–Crippen LogP) is 4.51. The summed E-state index contributed by atoms with van der Waals surface area (Å²) in [5.74, 6) is 0.115. The fraction of sp³-hybridized carbons (Fsp3) is 0.250. The van der Waals surface area contributed by atoms with Crippen LogP contribution in [0.4, 0.5) is 0 Å². The highest BCUT2D eigenvalue weighted by Crippen LogP contribution is 2.32. The number of amides is 1. The lowest BCUT2D eigenvalue weighted by Gasteiger charge is -2.33. The molecule has 0 unspecified atom stereocenters. The largest absolute Gasteiger partial charge is 0.384 e. The van der Waals surface area contributed by atoms with E-state index in [0.717, 1.165) is 62.6 Å². The van der Waals surface area contributed by atoms with E-state index in [9.17, 15) is 14.7 Å². The van der Waals surface area contributed by atoms with Gasteiger partial charge in [0.05, 0.1) is 39.5 Å². The maximum atomic E-state index is 13.6. The third-order valence-electron chi connectivity index (χ3n) is 8.40. The molecule has 41 heavy (non-hydrogen) atoms. The van der Waals surface area contributed by atoms with Crippen LogP contribution in [-0.2, 0) is 11.8 Å². The molecule has 9 nitrogen and oxygen atoms in total. The molecule has 1 amide bonds. The molecule has 5 heterocycles. The summed E-state index contributed by atoms with van der Waals surface area (Å²) in [6, 6.07) is 18.3. The van der Waals surface area contributed by atoms with Crippen LogP contribution in [0, 0.1) is 0 Å². The number of aryl methyl sites for hydroxylation is 1. The first-order chi connectivity index (χ1) is 19.9. The number of benzene rings is 2. The number of rotatable bonds is 4. The number of H-pyrrole nitrogens is 1. The first-order valence-corrected chi connectivity index (χ1v) is 13.9. The highest BCUT2D eigenvalue weighted by molar-refractivity contribution is 6.04. The van der Waals surface area contributed by atoms with E-state index in [-0.39, 0.29) is 11.6 Å². The Kier molecular flexibility index (Phi) is 5.97. The first-order valence-electron chi connectivity index (χ1n) is 13.9. The number of nitrogens with zero attached hydrogens (tertiary/aromatic N) is 5. The van der Waals surface area contributed by atoms with Crippen molar-refractivity contribution in [3.05, 3.63) is 89.2 Å². The highest BCUT2D eigenvalue weighted by atomic mass is 16.3. The molecule has 9 heteroatoms. The van der Waals surface area contributed by atoms with Crippen molar-refractivity contribution in [1.29, 1.82) is 0 Å². The third kappa shape index (κ3) is 4.20. The Morgan fingerprint density at radius 1 is 0.976 bits per heavy atom. The molecule has 2 aromatic carbocycles. The van der Waals surface area contributed by atoms with E-state index in [1.165, 1.54) is 12.5 Å². The van der Waals surface area contributed by atoms with Gasteiger partial charge in [-0.25, -0.2) is 4.79 Å². The molecule has 7 rings (SSSR count). The number of nitrogens with one attached hydrogen (secondary N) is 1. The van der Waals surface area contributed by atoms with E-state index in [1.807, 2.05) is 42.7 Å². The van der Waals surface area contributed by atoms with E-state index in [2.05, 4.69) is 39.2 Å². The number of hydrogen-bond donors (Lipinski definition) is 2. The van der Waals surface area contributed by atoms with Gasteiger partial charge in [0.2, 0.25) is 0 Å². The fourth-order valence-electron chi connectivity index (χ4n) is 6.10. The van der Waals surface area contributed by atoms with Gasteiger partial charge in [-0.1, -0.05) is 18.2 Å². The van der Waals surface area contributed by atoms with Crippen molar-refractivity contribution >= 4 is 38.9 Å². The van der Waals surface area contributed by atoms with Crippen molar-refractivity contribution in [2.45, 2.75) is 31.8 Å². The molecule has 1 saturated heterocycles. The number of aromatic amines is 1. The van der Waals surface area contributed by atoms with Crippen LogP contribution in [-0.4, -0.2) is 59.2 Å². The number of fused-ring (bicyclic) bond motifs is 4. The summed E-state index contributed by atoms with van der Waals surface area (Å²) < 4.78 is 3.41. The number of carbonyl (C=O) groups is 1. The van der Waals surface area contributed by atoms with Crippen LogP contribution in [0.15, 0.2) is 78.0 Å². The van der Waals surface area contributed by atoms with Gasteiger partial charge in [0, 0.05) is 43.5 Å². The van der Waals surface area contributed by atoms with E-state index >= 15 is 0 Å². The Hall–Kier alpha value is -4.76. The van der Waals surface area contributed by atoms with Gasteiger partial charge in [-0.05, 0) is 73.2 Å². The average molecular weight is 547 g/mol. The second kappa shape index (κ2) is 9.71. The van der Waals surface area contributed by atoms with Crippen molar-refractivity contribution in [3.63, 3.8) is 0 Å². The zero-order chi connectivity index (χ0) is 28.2. The minimum atomic E-state index is -0.966. The number of piperidine rings is 1. The minimum absolute atomic E-state index is 0.133. The molecular formula is C32H30N6O3. The molecule has 206 valence electrons. The van der Waals surface area contributed by atoms with Crippen LogP contribution in [0.25, 0.3) is 49.8 Å². The molecule has 1 aliphatic heterocycles. The molecule has 1 fully saturated rings. The zero-order valence-electron chi connectivity index (χ0n) is 22.9. The Morgan fingerprint density at radius 2 is 1.73 bits per heavy atom. The summed E-state index contributed by atoms with van der Waals surface area (Å²) in [5.41, 5.74) is 8.09. The number of hydrogen-bond acceptors (Lipinski definition) is 5. The summed E-state index contributed by atoms with van der Waals surface area (Å²) in [4.78, 5) is 39.9. The quantitative estimate of drug-likeness (QED) is 0.338. The second-order valence-corrected chi connectivity index (χ2v) is 10.9. The minimum Gasteiger partial charge on any atom is -0.384 e. The van der Waals surface area contributed by atoms with Crippen molar-refractivity contribution in [2.75, 3.05) is 13.1 Å². The normalized spacial score (nSPS) is 15.2. The highest BCUT2D eigenvalue weighted by Gasteiger charge is 2.26. The SMILES string of the molecule is C[C@H](O)C(=O)N1CCC(c2ccc(-n3c(=O)n(C)c4cnc5ccc(-c6cnc7cc[nH]c7c6)cc5c43)cc2)CC1. The number of likely N-dealkylation sites (tertiary alicyclic amines) is 1. The van der Waals surface area contributed by atoms with Crippen LogP contribution in [0.3, 0.4) is 0 Å². The number of aromatic nitrogens is 5. The number of carbonyl (C=O) groups excluding carboxylic acids is 1. The smallest absolute Gasteiger partial charge is 0.333 e. The number of aliphatic hydroxyl groups is 1. The van der Waals surface area contributed by atoms with Crippen molar-refractivity contribution < 1.29 is 9.90 Å². The van der Waals surface area contributed by atoms with E-state index in [4.69, 9.17) is 0 Å². The van der Waals surface area contributed by atoms with Gasteiger partial charge in [0.25, 0.3) is 5.91 Å². The lowest BCUT2D eigenvalue weighted by Crippen LogP contribution is -2.42. The first kappa shape index (κ1) is 25.2. The lowest BCUT2D eigenvalue weighted by molar-refractivity contribution is -0.140. The van der Waals surface area contributed by atoms with Gasteiger partial charge in [-0.15, -0.1) is 0 Å². The van der Waals surface area contributed by atoms with Gasteiger partial charge < -0.3 is 15.0 Å². The summed E-state index contributed by atoms with van der Waals surface area (Å²) in [5, 5.41) is 10.5. The van der Waals surface area contributed by atoms with Gasteiger partial charge in [-0.2, -0.15) is 0 Å². The van der Waals surface area contributed by atoms with Gasteiger partial charge in [0.1, 0.15) is 6.10 Å². The maximum absolute atomic E-state index is 13.6. The van der Waals surface area contributed by atoms with Crippen molar-refractivity contribution in [2.24, 2.45) is 7.05 Å². The van der Waals surface area contributed by atoms with Crippen LogP contribution >= 0.6 is 0 Å². The molecule has 0 spiro atoms. The Labute approximate surface area is 235 Å². The standard InChI is InChI=1S/C32H30N6O3/c1-19(39)31(40)37-13-10-21(11-14-37)20-3-6-24(7-4-20)38-30-25-15-22(23-16-28-27(34-17-23)9-12-33-28)5-8-26(25)35-18-29(30)36(2)32(38)41/h3-9,12,15-19,21,33,39H,10-11,13-14H2,1-2H3/t19-/m0/s1. The summed E-state index contributed by atoms with van der Waals surface area (Å²) in [6.07, 6.45) is 6.23. The molecule has 1 atom stereocenters. The number of aliphatic hydroxyl groups excluding tert-OH is 1. The molecule has 4 aromatic heterocycles. The molecule has 0 aliphatic carbocycles. The lowest BCUT2D eigenvalue weighted by atomic mass is 9.89. The summed E-state index contributed by atoms with van der Waals surface area (Å²) >= 11 is 0. The summed E-state index contributed by atoms with van der Waals surface area (Å²) in [7, 11) is 1.78. The van der Waals surface area contributed by atoms with Crippen LogP contribution < -0.4 is 5.69 Å². The topological polar surface area (TPSA) is 109 Å². The second-order valence-electron chi connectivity index (χ2n) is 10.9. The zero-order valence-corrected chi connectivity index (χ0v) is 22.9. The Balaban J connectivity index is 1.27. The van der Waals surface area contributed by atoms with Crippen molar-refractivity contribution in [3.8, 4) is 16.8 Å². The molecule has 2 N–H and O–H groups in total. The van der Waals surface area contributed by atoms with E-state index in [1.54, 1.807) is 27.3 Å². The van der Waals surface area contributed by atoms with Crippen LogP contribution in [0.5, 0.6) is 0 Å². The third-order valence-corrected chi connectivity index (χ3v) is 8.40. The molecule has 6 aromatic rings. The fourth-order valence-corrected chi connectivity index (χ4v) is 6.10. The summed E-state index contributed by atoms with van der Waals surface area (Å²) in [6.45, 7) is 2.78. The average Bonchev–Trinajstić information content (AvgIpc) is 3.58. The van der Waals surface area contributed by atoms with E-state index in [0.29, 0.717) is 19.0 Å². The molecular weight excluding hydrogens is 516 g/mol.